The van der Waals surface area contributed by atoms with Crippen LogP contribution in [0.1, 0.15) is 98.7 Å². The van der Waals surface area contributed by atoms with Gasteiger partial charge in [0.15, 0.2) is 0 Å². The number of carbonyl (C=O) groups is 2. The second kappa shape index (κ2) is 16.5. The minimum atomic E-state index is -3.17. The van der Waals surface area contributed by atoms with E-state index < -0.39 is 36.2 Å². The fourth-order valence-electron chi connectivity index (χ4n) is 4.94. The van der Waals surface area contributed by atoms with Crippen LogP contribution in [0, 0.1) is 0 Å². The van der Waals surface area contributed by atoms with Crippen LogP contribution in [-0.2, 0) is 14.3 Å². The molecule has 5 nitrogen and oxygen atoms in total. The van der Waals surface area contributed by atoms with Gasteiger partial charge >= 0.3 is 226 Å². The van der Waals surface area contributed by atoms with Gasteiger partial charge in [0, 0.05) is 0 Å². The van der Waals surface area contributed by atoms with Gasteiger partial charge in [-0.2, -0.15) is 0 Å². The van der Waals surface area contributed by atoms with Gasteiger partial charge in [0.25, 0.3) is 0 Å². The van der Waals surface area contributed by atoms with Gasteiger partial charge in [-0.15, -0.1) is 0 Å². The molecule has 0 radical (unpaired) electrons. The first kappa shape index (κ1) is 32.7. The monoisotopic (exact) mass is 609 g/mol. The minimum absolute atomic E-state index is 0.210. The summed E-state index contributed by atoms with van der Waals surface area (Å²) in [7, 11) is 1.54. The van der Waals surface area contributed by atoms with Crippen LogP contribution < -0.4 is 0 Å². The van der Waals surface area contributed by atoms with E-state index in [1.54, 1.807) is 0 Å². The predicted molar refractivity (Wildman–Crippen MR) is 153 cm³/mol. The summed E-state index contributed by atoms with van der Waals surface area (Å²) in [5, 5.41) is 0. The van der Waals surface area contributed by atoms with Crippen molar-refractivity contribution in [1.29, 1.82) is 0 Å². The second-order valence-electron chi connectivity index (χ2n) is 10.9. The molecule has 0 spiro atoms. The number of carbonyl (C=O) groups excluding carboxylic acids is 2. The van der Waals surface area contributed by atoms with Crippen molar-refractivity contribution in [3.63, 3.8) is 0 Å². The van der Waals surface area contributed by atoms with Crippen LogP contribution in [0.25, 0.3) is 0 Å². The Balaban J connectivity index is 3.76. The van der Waals surface area contributed by atoms with E-state index in [9.17, 15) is 9.59 Å². The van der Waals surface area contributed by atoms with Crippen molar-refractivity contribution in [2.45, 2.75) is 116 Å². The molecule has 2 atom stereocenters. The molecular formula is C30H51NO4Sn. The van der Waals surface area contributed by atoms with Crippen molar-refractivity contribution in [1.82, 2.24) is 4.90 Å². The van der Waals surface area contributed by atoms with Crippen LogP contribution in [0.3, 0.4) is 0 Å². The molecule has 0 N–H and O–H groups in total. The molecule has 1 rings (SSSR count). The van der Waals surface area contributed by atoms with Crippen LogP contribution in [0.4, 0.5) is 4.79 Å². The SMILES string of the molecule is C/C=C\[CH](N(C(=O)OC(C)(C)C)C(=O)[C@@H](OC)c1ccccc1)[Sn]([CH2]CCC)([CH2]CCC)[CH2]CCC. The molecule has 0 saturated heterocycles. The van der Waals surface area contributed by atoms with E-state index in [1.165, 1.54) is 12.0 Å². The molecule has 0 saturated carbocycles. The Hall–Kier alpha value is -1.34. The number of rotatable bonds is 15. The number of amides is 2. The Kier molecular flexibility index (Phi) is 15.0. The number of imide groups is 1. The molecule has 0 fully saturated rings. The van der Waals surface area contributed by atoms with Crippen molar-refractivity contribution < 1.29 is 19.1 Å². The second-order valence-corrected chi connectivity index (χ2v) is 24.6. The summed E-state index contributed by atoms with van der Waals surface area (Å²) < 4.78 is 14.9. The summed E-state index contributed by atoms with van der Waals surface area (Å²) in [6.45, 7) is 14.2. The standard InChI is InChI=1S/C18H24NO4.3C4H9.Sn/c1-6-7-13-19(17(21)23-18(2,3)4)16(20)15(22-5)14-11-9-8-10-12-14;3*1-3-4-2;/h6-13,15H,1-5H3;3*1,3-4H2,2H3;/b7-6-;;;;/t15-;;;;/m0..../s1. The van der Waals surface area contributed by atoms with Crippen molar-refractivity contribution in [3.05, 3.63) is 48.0 Å². The number of unbranched alkanes of at least 4 members (excludes halogenated alkanes) is 3. The first-order chi connectivity index (χ1) is 17.1. The number of hydrogen-bond donors (Lipinski definition) is 0. The third-order valence-electron chi connectivity index (χ3n) is 6.75. The normalized spacial score (nSPS) is 14.0. The van der Waals surface area contributed by atoms with E-state index in [0.717, 1.165) is 57.4 Å². The van der Waals surface area contributed by atoms with Gasteiger partial charge in [-0.05, 0) is 0 Å². The van der Waals surface area contributed by atoms with Gasteiger partial charge in [0.1, 0.15) is 0 Å². The number of nitrogens with zero attached hydrogens (tertiary/aromatic N) is 1. The molecule has 204 valence electrons. The molecule has 0 aliphatic rings. The Bertz CT molecular complexity index is 781. The Morgan fingerprint density at radius 3 is 1.83 bits per heavy atom. The summed E-state index contributed by atoms with van der Waals surface area (Å²) in [5.41, 5.74) is 0.0362. The quantitative estimate of drug-likeness (QED) is 0.148. The summed E-state index contributed by atoms with van der Waals surface area (Å²) in [5.74, 6) is -0.327. The van der Waals surface area contributed by atoms with E-state index in [-0.39, 0.29) is 9.96 Å². The van der Waals surface area contributed by atoms with E-state index >= 15 is 0 Å². The molecule has 0 aliphatic heterocycles. The maximum atomic E-state index is 14.3. The first-order valence-corrected chi connectivity index (χ1v) is 21.6. The van der Waals surface area contributed by atoms with Gasteiger partial charge in [-0.1, -0.05) is 0 Å². The van der Waals surface area contributed by atoms with Crippen molar-refractivity contribution in [2.24, 2.45) is 0 Å². The van der Waals surface area contributed by atoms with Crippen LogP contribution in [-0.4, -0.2) is 52.0 Å². The summed E-state index contributed by atoms with van der Waals surface area (Å²) >= 11 is -3.17. The van der Waals surface area contributed by atoms with Crippen LogP contribution in [0.5, 0.6) is 0 Å². The molecular weight excluding hydrogens is 557 g/mol. The summed E-state index contributed by atoms with van der Waals surface area (Å²) in [6, 6.07) is 9.46. The topological polar surface area (TPSA) is 55.8 Å². The average molecular weight is 608 g/mol. The zero-order valence-electron chi connectivity index (χ0n) is 24.1. The van der Waals surface area contributed by atoms with Gasteiger partial charge in [-0.3, -0.25) is 0 Å². The zero-order valence-corrected chi connectivity index (χ0v) is 27.0. The summed E-state index contributed by atoms with van der Waals surface area (Å²) in [4.78, 5) is 29.6. The van der Waals surface area contributed by atoms with Gasteiger partial charge in [-0.25, -0.2) is 0 Å². The third-order valence-corrected chi connectivity index (χ3v) is 23.2. The van der Waals surface area contributed by atoms with Crippen molar-refractivity contribution in [3.8, 4) is 0 Å². The van der Waals surface area contributed by atoms with E-state index in [4.69, 9.17) is 9.47 Å². The van der Waals surface area contributed by atoms with Gasteiger partial charge in [0.2, 0.25) is 0 Å². The van der Waals surface area contributed by atoms with Gasteiger partial charge in [0.05, 0.1) is 0 Å². The maximum absolute atomic E-state index is 14.3. The zero-order chi connectivity index (χ0) is 27.2. The molecule has 1 aromatic rings. The predicted octanol–water partition coefficient (Wildman–Crippen LogP) is 8.47. The molecule has 1 unspecified atom stereocenters. The molecule has 0 aliphatic carbocycles. The summed E-state index contributed by atoms with van der Waals surface area (Å²) in [6.07, 6.45) is 9.50. The molecule has 6 heteroatoms. The third kappa shape index (κ3) is 9.85. The Morgan fingerprint density at radius 1 is 0.944 bits per heavy atom. The Morgan fingerprint density at radius 2 is 1.44 bits per heavy atom. The molecule has 36 heavy (non-hydrogen) atoms. The molecule has 2 amide bonds. The van der Waals surface area contributed by atoms with E-state index in [2.05, 4.69) is 26.8 Å². The van der Waals surface area contributed by atoms with E-state index in [1.807, 2.05) is 64.1 Å². The molecule has 0 aromatic heterocycles. The van der Waals surface area contributed by atoms with Crippen LogP contribution in [0.15, 0.2) is 42.5 Å². The number of hydrogen-bond acceptors (Lipinski definition) is 4. The molecule has 0 bridgehead atoms. The van der Waals surface area contributed by atoms with E-state index in [0.29, 0.717) is 0 Å². The van der Waals surface area contributed by atoms with Crippen LogP contribution in [0.2, 0.25) is 13.3 Å². The molecule has 0 heterocycles. The van der Waals surface area contributed by atoms with Gasteiger partial charge < -0.3 is 0 Å². The number of ether oxygens (including phenoxy) is 2. The van der Waals surface area contributed by atoms with Crippen LogP contribution >= 0.6 is 0 Å². The van der Waals surface area contributed by atoms with Crippen molar-refractivity contribution >= 4 is 30.4 Å². The van der Waals surface area contributed by atoms with Crippen molar-refractivity contribution in [2.75, 3.05) is 7.11 Å². The number of methoxy groups -OCH3 is 1. The number of benzene rings is 1. The average Bonchev–Trinajstić information content (AvgIpc) is 2.83. The fraction of sp³-hybridized carbons (Fsp3) is 0.667. The Labute approximate surface area is 224 Å². The first-order valence-electron chi connectivity index (χ1n) is 13.9. The molecule has 1 aromatic carbocycles. The number of allylic oxidation sites excluding steroid dienone is 1. The fourth-order valence-corrected chi connectivity index (χ4v) is 22.6.